The van der Waals surface area contributed by atoms with E-state index in [1.54, 1.807) is 30.5 Å². The van der Waals surface area contributed by atoms with Crippen LogP contribution in [0.2, 0.25) is 0 Å². The molecule has 0 amide bonds. The van der Waals surface area contributed by atoms with Crippen molar-refractivity contribution in [1.29, 1.82) is 0 Å². The zero-order chi connectivity index (χ0) is 23.3. The second kappa shape index (κ2) is 7.67. The van der Waals surface area contributed by atoms with E-state index in [4.69, 9.17) is 20.2 Å². The summed E-state index contributed by atoms with van der Waals surface area (Å²) in [5.74, 6) is 0.326. The van der Waals surface area contributed by atoms with Gasteiger partial charge in [-0.15, -0.1) is 0 Å². The molecule has 0 aliphatic carbocycles. The van der Waals surface area contributed by atoms with Crippen molar-refractivity contribution in [2.75, 3.05) is 13.2 Å². The molecule has 0 unspecified atom stereocenters. The van der Waals surface area contributed by atoms with Crippen molar-refractivity contribution in [2.45, 2.75) is 5.54 Å². The quantitative estimate of drug-likeness (QED) is 0.453. The Bertz CT molecular complexity index is 1480. The molecule has 9 heteroatoms. The fraction of sp³-hybridized carbons (Fsp3) is 0.120. The van der Waals surface area contributed by atoms with Crippen molar-refractivity contribution in [1.82, 2.24) is 15.0 Å². The number of ether oxygens (including phenoxy) is 2. The zero-order valence-corrected chi connectivity index (χ0v) is 17.7. The summed E-state index contributed by atoms with van der Waals surface area (Å²) < 4.78 is 40.3. The first-order valence-electron chi connectivity index (χ1n) is 10.5. The fourth-order valence-electron chi connectivity index (χ4n) is 4.42. The largest absolute Gasteiger partial charge is 0.455 e. The summed E-state index contributed by atoms with van der Waals surface area (Å²) in [6, 6.07) is 11.4. The number of halogens is 2. The normalized spacial score (nSPS) is 18.6. The SMILES string of the molecule is NC1=N[C@@]2(COC1)c1cc(-c3cnccc3F)ccc1Oc1cnc(-c3ccnc(F)c3)cc12. The minimum atomic E-state index is -1.05. The van der Waals surface area contributed by atoms with Crippen LogP contribution < -0.4 is 10.5 Å². The first-order valence-corrected chi connectivity index (χ1v) is 10.5. The smallest absolute Gasteiger partial charge is 0.213 e. The van der Waals surface area contributed by atoms with E-state index in [0.29, 0.717) is 50.8 Å². The van der Waals surface area contributed by atoms with Gasteiger partial charge in [0.15, 0.2) is 5.75 Å². The molecule has 1 aromatic carbocycles. The molecule has 168 valence electrons. The number of nitrogens with two attached hydrogens (primary N) is 1. The van der Waals surface area contributed by atoms with Gasteiger partial charge in [-0.3, -0.25) is 15.0 Å². The van der Waals surface area contributed by atoms with Gasteiger partial charge < -0.3 is 15.2 Å². The number of hydrogen-bond donors (Lipinski definition) is 1. The predicted octanol–water partition coefficient (Wildman–Crippen LogP) is 4.22. The lowest BCUT2D eigenvalue weighted by Gasteiger charge is -2.39. The summed E-state index contributed by atoms with van der Waals surface area (Å²) in [7, 11) is 0. The molecule has 7 nitrogen and oxygen atoms in total. The first kappa shape index (κ1) is 20.4. The molecule has 0 saturated heterocycles. The number of aromatic nitrogens is 3. The van der Waals surface area contributed by atoms with Gasteiger partial charge in [-0.05, 0) is 35.9 Å². The molecule has 0 saturated carbocycles. The maximum atomic E-state index is 14.5. The molecule has 2 aliphatic heterocycles. The second-order valence-electron chi connectivity index (χ2n) is 8.06. The molecule has 1 atom stereocenters. The molecular formula is C25H17F2N5O2. The number of pyridine rings is 3. The molecule has 4 aromatic rings. The van der Waals surface area contributed by atoms with Crippen LogP contribution in [0.15, 0.2) is 72.2 Å². The summed E-state index contributed by atoms with van der Waals surface area (Å²) in [6.07, 6.45) is 5.82. The van der Waals surface area contributed by atoms with E-state index in [-0.39, 0.29) is 13.2 Å². The second-order valence-corrected chi connectivity index (χ2v) is 8.06. The average molecular weight is 457 g/mol. The van der Waals surface area contributed by atoms with E-state index < -0.39 is 17.3 Å². The fourth-order valence-corrected chi connectivity index (χ4v) is 4.42. The van der Waals surface area contributed by atoms with Gasteiger partial charge in [0, 0.05) is 46.9 Å². The highest BCUT2D eigenvalue weighted by molar-refractivity contribution is 5.84. The highest BCUT2D eigenvalue weighted by atomic mass is 19.1. The Morgan fingerprint density at radius 3 is 2.59 bits per heavy atom. The molecule has 5 heterocycles. The molecule has 2 aliphatic rings. The van der Waals surface area contributed by atoms with Crippen molar-refractivity contribution in [2.24, 2.45) is 10.7 Å². The summed E-state index contributed by atoms with van der Waals surface area (Å²) in [5.41, 5.74) is 8.44. The molecule has 6 rings (SSSR count). The standard InChI is InChI=1S/C25H17F2N5O2/c26-19-4-5-29-10-16(19)14-1-2-21-17(7-14)25(13-33-12-24(28)32-25)18-9-20(31-11-22(18)34-21)15-3-6-30-23(27)8-15/h1-11H,12-13H2,(H2,28,32)/t25-/m0/s1. The maximum absolute atomic E-state index is 14.5. The Morgan fingerprint density at radius 2 is 1.76 bits per heavy atom. The van der Waals surface area contributed by atoms with Crippen LogP contribution >= 0.6 is 0 Å². The Hall–Kier alpha value is -4.24. The van der Waals surface area contributed by atoms with Crippen LogP contribution in [0.1, 0.15) is 11.1 Å². The molecule has 1 spiro atoms. The Labute approximate surface area is 193 Å². The molecule has 0 radical (unpaired) electrons. The lowest BCUT2D eigenvalue weighted by atomic mass is 9.79. The summed E-state index contributed by atoms with van der Waals surface area (Å²) in [6.45, 7) is 0.377. The van der Waals surface area contributed by atoms with Crippen molar-refractivity contribution < 1.29 is 18.3 Å². The highest BCUT2D eigenvalue weighted by Gasteiger charge is 2.45. The van der Waals surface area contributed by atoms with Crippen LogP contribution in [0.3, 0.4) is 0 Å². The first-order chi connectivity index (χ1) is 16.5. The zero-order valence-electron chi connectivity index (χ0n) is 17.7. The number of nitrogens with zero attached hydrogens (tertiary/aromatic N) is 4. The van der Waals surface area contributed by atoms with E-state index in [0.717, 1.165) is 0 Å². The van der Waals surface area contributed by atoms with Gasteiger partial charge in [-0.2, -0.15) is 4.39 Å². The topological polar surface area (TPSA) is 95.5 Å². The van der Waals surface area contributed by atoms with Crippen LogP contribution in [0, 0.1) is 11.8 Å². The lowest BCUT2D eigenvalue weighted by Crippen LogP contribution is -2.42. The van der Waals surface area contributed by atoms with Gasteiger partial charge in [0.1, 0.15) is 29.5 Å². The van der Waals surface area contributed by atoms with E-state index >= 15 is 0 Å². The Kier molecular flexibility index (Phi) is 4.59. The van der Waals surface area contributed by atoms with Crippen molar-refractivity contribution in [3.05, 3.63) is 90.1 Å². The summed E-state index contributed by atoms with van der Waals surface area (Å²) >= 11 is 0. The predicted molar refractivity (Wildman–Crippen MR) is 120 cm³/mol. The maximum Gasteiger partial charge on any atom is 0.213 e. The number of hydrogen-bond acceptors (Lipinski definition) is 7. The molecule has 0 fully saturated rings. The Morgan fingerprint density at radius 1 is 0.882 bits per heavy atom. The third kappa shape index (κ3) is 3.20. The van der Waals surface area contributed by atoms with Crippen molar-refractivity contribution >= 4 is 5.84 Å². The molecule has 3 aromatic heterocycles. The van der Waals surface area contributed by atoms with E-state index in [1.165, 1.54) is 30.7 Å². The van der Waals surface area contributed by atoms with Gasteiger partial charge in [0.2, 0.25) is 5.95 Å². The molecular weight excluding hydrogens is 440 g/mol. The lowest BCUT2D eigenvalue weighted by molar-refractivity contribution is 0.110. The number of fused-ring (bicyclic) bond motifs is 4. The van der Waals surface area contributed by atoms with Crippen LogP contribution in [0.25, 0.3) is 22.4 Å². The molecule has 2 N–H and O–H groups in total. The minimum Gasteiger partial charge on any atom is -0.455 e. The van der Waals surface area contributed by atoms with Gasteiger partial charge >= 0.3 is 0 Å². The number of benzene rings is 1. The monoisotopic (exact) mass is 457 g/mol. The van der Waals surface area contributed by atoms with Gasteiger partial charge in [-0.25, -0.2) is 9.37 Å². The third-order valence-corrected chi connectivity index (χ3v) is 5.95. The Balaban J connectivity index is 1.58. The number of aliphatic imine (C=N–C) groups is 1. The van der Waals surface area contributed by atoms with Gasteiger partial charge in [0.05, 0.1) is 18.5 Å². The summed E-state index contributed by atoms with van der Waals surface area (Å²) in [5, 5.41) is 0. The van der Waals surface area contributed by atoms with Crippen LogP contribution in [0.4, 0.5) is 8.78 Å². The highest BCUT2D eigenvalue weighted by Crippen LogP contribution is 2.51. The van der Waals surface area contributed by atoms with Crippen LogP contribution in [0.5, 0.6) is 11.5 Å². The van der Waals surface area contributed by atoms with E-state index in [9.17, 15) is 8.78 Å². The average Bonchev–Trinajstić information content (AvgIpc) is 2.84. The minimum absolute atomic E-state index is 0.185. The van der Waals surface area contributed by atoms with Gasteiger partial charge in [-0.1, -0.05) is 6.07 Å². The van der Waals surface area contributed by atoms with Crippen LogP contribution in [-0.2, 0) is 10.3 Å². The number of amidine groups is 1. The van der Waals surface area contributed by atoms with Crippen molar-refractivity contribution in [3.8, 4) is 33.9 Å². The van der Waals surface area contributed by atoms with Crippen molar-refractivity contribution in [3.63, 3.8) is 0 Å². The van der Waals surface area contributed by atoms with E-state index in [2.05, 4.69) is 15.0 Å². The van der Waals surface area contributed by atoms with Crippen LogP contribution in [-0.4, -0.2) is 34.0 Å². The van der Waals surface area contributed by atoms with Gasteiger partial charge in [0.25, 0.3) is 0 Å². The molecule has 0 bridgehead atoms. The summed E-state index contributed by atoms with van der Waals surface area (Å²) in [4.78, 5) is 16.9. The number of rotatable bonds is 2. The van der Waals surface area contributed by atoms with E-state index in [1.807, 2.05) is 6.07 Å². The molecule has 34 heavy (non-hydrogen) atoms. The third-order valence-electron chi connectivity index (χ3n) is 5.95.